The number of fused-ring (bicyclic) bond motifs is 9. The van der Waals surface area contributed by atoms with E-state index in [0.717, 1.165) is 0 Å². The fraction of sp³-hybridized carbons (Fsp3) is 0.290. The lowest BCUT2D eigenvalue weighted by molar-refractivity contribution is 0.590. The number of thiophene rings is 2. The smallest absolute Gasteiger partial charge is 0.0352 e. The van der Waals surface area contributed by atoms with Gasteiger partial charge in [0.2, 0.25) is 0 Å². The molecule has 6 rings (SSSR count). The first-order chi connectivity index (χ1) is 16.3. The zero-order valence-electron chi connectivity index (χ0n) is 19.3. The molecule has 0 N–H and O–H groups in total. The van der Waals surface area contributed by atoms with Crippen molar-refractivity contribution in [3.8, 4) is 0 Å². The summed E-state index contributed by atoms with van der Waals surface area (Å²) in [6, 6.07) is 23.4. The molecule has 0 unspecified atom stereocenters. The minimum atomic E-state index is 1.23. The van der Waals surface area contributed by atoms with Crippen molar-refractivity contribution in [1.82, 2.24) is 0 Å². The molecule has 0 atom stereocenters. The van der Waals surface area contributed by atoms with Gasteiger partial charge in [0.15, 0.2) is 0 Å². The van der Waals surface area contributed by atoms with Crippen LogP contribution in [-0.4, -0.2) is 0 Å². The third-order valence-corrected chi connectivity index (χ3v) is 9.24. The van der Waals surface area contributed by atoms with E-state index in [4.69, 9.17) is 0 Å². The highest BCUT2D eigenvalue weighted by Gasteiger charge is 2.11. The van der Waals surface area contributed by atoms with E-state index in [0.29, 0.717) is 0 Å². The van der Waals surface area contributed by atoms with Crippen LogP contribution >= 0.6 is 22.7 Å². The highest BCUT2D eigenvalue weighted by molar-refractivity contribution is 7.19. The summed E-state index contributed by atoms with van der Waals surface area (Å²) >= 11 is 3.82. The average Bonchev–Trinajstić information content (AvgIpc) is 3.49. The molecule has 0 bridgehead atoms. The van der Waals surface area contributed by atoms with Crippen molar-refractivity contribution in [3.63, 3.8) is 0 Å². The van der Waals surface area contributed by atoms with Gasteiger partial charge in [0.25, 0.3) is 0 Å². The maximum absolute atomic E-state index is 2.47. The molecule has 4 aromatic carbocycles. The van der Waals surface area contributed by atoms with E-state index < -0.39 is 0 Å². The number of unbranched alkanes of at least 4 members (excludes halogenated alkanes) is 6. The van der Waals surface area contributed by atoms with Gasteiger partial charge in [0.05, 0.1) is 0 Å². The summed E-state index contributed by atoms with van der Waals surface area (Å²) in [5.74, 6) is 0. The van der Waals surface area contributed by atoms with Crippen LogP contribution in [0.5, 0.6) is 0 Å². The lowest BCUT2D eigenvalue weighted by Gasteiger charge is -2.09. The highest BCUT2D eigenvalue weighted by atomic mass is 32.1. The van der Waals surface area contributed by atoms with Crippen LogP contribution in [0, 0.1) is 0 Å². The Morgan fingerprint density at radius 3 is 1.76 bits per heavy atom. The van der Waals surface area contributed by atoms with Crippen molar-refractivity contribution in [2.75, 3.05) is 0 Å². The maximum Gasteiger partial charge on any atom is 0.0352 e. The molecule has 2 aromatic heterocycles. The van der Waals surface area contributed by atoms with Gasteiger partial charge in [0.1, 0.15) is 0 Å². The summed E-state index contributed by atoms with van der Waals surface area (Å²) in [6.45, 7) is 2.29. The predicted molar refractivity (Wildman–Crippen MR) is 151 cm³/mol. The van der Waals surface area contributed by atoms with E-state index >= 15 is 0 Å². The number of hydrogen-bond acceptors (Lipinski definition) is 2. The molecule has 0 saturated carbocycles. The van der Waals surface area contributed by atoms with Gasteiger partial charge in [0, 0.05) is 25.0 Å². The van der Waals surface area contributed by atoms with Crippen molar-refractivity contribution < 1.29 is 0 Å². The van der Waals surface area contributed by atoms with Crippen LogP contribution in [0.15, 0.2) is 66.0 Å². The lowest BCUT2D eigenvalue weighted by Crippen LogP contribution is -1.83. The number of rotatable bonds is 8. The van der Waals surface area contributed by atoms with Crippen LogP contribution < -0.4 is 0 Å². The Labute approximate surface area is 203 Å². The van der Waals surface area contributed by atoms with E-state index in [1.807, 2.05) is 22.7 Å². The summed E-state index contributed by atoms with van der Waals surface area (Å²) in [5, 5.41) is 13.3. The fourth-order valence-corrected chi connectivity index (χ4v) is 7.37. The van der Waals surface area contributed by atoms with E-state index in [1.54, 1.807) is 4.88 Å². The molecule has 33 heavy (non-hydrogen) atoms. The largest absolute Gasteiger partial charge is 0.144 e. The second-order valence-corrected chi connectivity index (χ2v) is 11.5. The van der Waals surface area contributed by atoms with Gasteiger partial charge in [-0.2, -0.15) is 0 Å². The standard InChI is InChI=1S/C31H30S2/c1-2-3-4-5-6-7-8-9-21-20-29-27-13-11-22-23(25(27)15-17-31(29)33-21)10-12-26-24(22)14-16-30-28(26)18-19-32-30/h10-20H,2-9H2,1H3. The summed E-state index contributed by atoms with van der Waals surface area (Å²) in [6.07, 6.45) is 10.9. The predicted octanol–water partition coefficient (Wildman–Crippen LogP) is 10.9. The van der Waals surface area contributed by atoms with Gasteiger partial charge >= 0.3 is 0 Å². The number of hydrogen-bond donors (Lipinski definition) is 0. The Morgan fingerprint density at radius 2 is 1.06 bits per heavy atom. The minimum absolute atomic E-state index is 1.23. The van der Waals surface area contributed by atoms with Gasteiger partial charge in [-0.3, -0.25) is 0 Å². The Kier molecular flexibility index (Phi) is 5.82. The SMILES string of the molecule is CCCCCCCCCc1cc2c(ccc3c2ccc2c4ccc5sccc5c4ccc32)s1. The molecule has 0 aliphatic heterocycles. The van der Waals surface area contributed by atoms with Crippen LogP contribution in [0.1, 0.15) is 56.7 Å². The molecule has 0 amide bonds. The molecular formula is C31H30S2. The first-order valence-corrected chi connectivity index (χ1v) is 14.2. The molecule has 0 radical (unpaired) electrons. The third kappa shape index (κ3) is 3.84. The fourth-order valence-electron chi connectivity index (χ4n) is 5.44. The van der Waals surface area contributed by atoms with E-state index in [9.17, 15) is 0 Å². The quantitative estimate of drug-likeness (QED) is 0.154. The second kappa shape index (κ2) is 9.08. The van der Waals surface area contributed by atoms with Crippen LogP contribution in [0.3, 0.4) is 0 Å². The van der Waals surface area contributed by atoms with Crippen LogP contribution in [0.4, 0.5) is 0 Å². The van der Waals surface area contributed by atoms with Crippen molar-refractivity contribution in [2.24, 2.45) is 0 Å². The van der Waals surface area contributed by atoms with E-state index in [-0.39, 0.29) is 0 Å². The molecule has 0 fully saturated rings. The summed E-state index contributed by atoms with van der Waals surface area (Å²) in [5.41, 5.74) is 0. The average molecular weight is 467 g/mol. The minimum Gasteiger partial charge on any atom is -0.144 e. The topological polar surface area (TPSA) is 0 Å². The van der Waals surface area contributed by atoms with Gasteiger partial charge in [-0.25, -0.2) is 0 Å². The molecule has 0 aliphatic rings. The summed E-state index contributed by atoms with van der Waals surface area (Å²) < 4.78 is 2.80. The van der Waals surface area contributed by atoms with Crippen LogP contribution in [0.2, 0.25) is 0 Å². The normalized spacial score (nSPS) is 12.2. The summed E-state index contributed by atoms with van der Waals surface area (Å²) in [7, 11) is 0. The zero-order valence-corrected chi connectivity index (χ0v) is 21.0. The third-order valence-electron chi connectivity index (χ3n) is 7.20. The molecule has 2 heterocycles. The Balaban J connectivity index is 1.34. The molecule has 0 nitrogen and oxygen atoms in total. The Bertz CT molecular complexity index is 1580. The van der Waals surface area contributed by atoms with Gasteiger partial charge in [-0.1, -0.05) is 81.8 Å². The van der Waals surface area contributed by atoms with Crippen molar-refractivity contribution in [2.45, 2.75) is 58.3 Å². The molecule has 0 spiro atoms. The monoisotopic (exact) mass is 466 g/mol. The lowest BCUT2D eigenvalue weighted by atomic mass is 9.95. The molecule has 0 saturated heterocycles. The van der Waals surface area contributed by atoms with Crippen molar-refractivity contribution in [3.05, 3.63) is 70.9 Å². The number of benzene rings is 4. The first kappa shape index (κ1) is 21.1. The first-order valence-electron chi connectivity index (χ1n) is 12.5. The molecule has 6 aromatic rings. The molecule has 0 aliphatic carbocycles. The summed E-state index contributed by atoms with van der Waals surface area (Å²) in [4.78, 5) is 1.55. The van der Waals surface area contributed by atoms with Crippen LogP contribution in [0.25, 0.3) is 52.5 Å². The second-order valence-electron chi connectivity index (χ2n) is 9.38. The van der Waals surface area contributed by atoms with E-state index in [1.165, 1.54) is 104 Å². The molecule has 166 valence electrons. The highest BCUT2D eigenvalue weighted by Crippen LogP contribution is 2.39. The Hall–Kier alpha value is -2.42. The van der Waals surface area contributed by atoms with Crippen molar-refractivity contribution >= 4 is 75.2 Å². The van der Waals surface area contributed by atoms with Gasteiger partial charge in [-0.15, -0.1) is 22.7 Å². The number of aryl methyl sites for hydroxylation is 1. The van der Waals surface area contributed by atoms with Gasteiger partial charge in [-0.05, 0) is 74.8 Å². The van der Waals surface area contributed by atoms with Gasteiger partial charge < -0.3 is 0 Å². The Morgan fingerprint density at radius 1 is 0.515 bits per heavy atom. The van der Waals surface area contributed by atoms with Crippen LogP contribution in [-0.2, 0) is 6.42 Å². The molecular weight excluding hydrogens is 436 g/mol. The molecule has 2 heteroatoms. The maximum atomic E-state index is 2.47. The zero-order chi connectivity index (χ0) is 22.2. The van der Waals surface area contributed by atoms with E-state index in [2.05, 4.69) is 73.0 Å². The van der Waals surface area contributed by atoms with Crippen molar-refractivity contribution in [1.29, 1.82) is 0 Å².